The van der Waals surface area contributed by atoms with Crippen LogP contribution < -0.4 is 11.5 Å². The summed E-state index contributed by atoms with van der Waals surface area (Å²) in [5.74, 6) is -0.336. The van der Waals surface area contributed by atoms with E-state index in [1.165, 1.54) is 0 Å². The van der Waals surface area contributed by atoms with Gasteiger partial charge in [0, 0.05) is 13.0 Å². The van der Waals surface area contributed by atoms with E-state index in [0.29, 0.717) is 13.0 Å². The molecule has 4 N–H and O–H groups in total. The second-order valence-electron chi connectivity index (χ2n) is 1.00. The zero-order chi connectivity index (χ0) is 4.99. The van der Waals surface area contributed by atoms with Crippen molar-refractivity contribution in [2.45, 2.75) is 6.42 Å². The molecule has 0 aliphatic rings. The second-order valence-corrected chi connectivity index (χ2v) is 1.00. The molecule has 38 valence electrons. The molecular weight excluding hydrogens is 119 g/mol. The average Bonchev–Trinajstić information content (AvgIpc) is 1.35. The number of carbonyl (C=O) groups excluding carboxylic acids is 1. The summed E-state index contributed by atoms with van der Waals surface area (Å²) in [4.78, 5) is 9.74. The van der Waals surface area contributed by atoms with Crippen molar-refractivity contribution >= 4 is 57.3 Å². The number of carbonyl (C=O) groups is 1. The molecule has 0 saturated heterocycles. The second kappa shape index (κ2) is 7.07. The summed E-state index contributed by atoms with van der Waals surface area (Å²) in [6, 6.07) is 0. The molecule has 0 radical (unpaired) electrons. The van der Waals surface area contributed by atoms with Crippen molar-refractivity contribution in [3.63, 3.8) is 0 Å². The van der Waals surface area contributed by atoms with Crippen LogP contribution >= 0.6 is 0 Å². The zero-order valence-electron chi connectivity index (χ0n) is 3.48. The Kier molecular flexibility index (Phi) is 11.0. The van der Waals surface area contributed by atoms with E-state index in [1.54, 1.807) is 0 Å². The molecule has 7 heavy (non-hydrogen) atoms. The van der Waals surface area contributed by atoms with Crippen molar-refractivity contribution in [3.8, 4) is 0 Å². The zero-order valence-corrected chi connectivity index (χ0v) is 3.48. The summed E-state index contributed by atoms with van der Waals surface area (Å²) in [5, 5.41) is 0. The van der Waals surface area contributed by atoms with E-state index in [1.807, 2.05) is 0 Å². The van der Waals surface area contributed by atoms with E-state index < -0.39 is 0 Å². The molecule has 0 rings (SSSR count). The number of hydrogen-bond donors (Lipinski definition) is 2. The van der Waals surface area contributed by atoms with E-state index >= 15 is 0 Å². The molecule has 0 aromatic carbocycles. The van der Waals surface area contributed by atoms with Gasteiger partial charge in [-0.3, -0.25) is 4.79 Å². The molecule has 3 nitrogen and oxygen atoms in total. The van der Waals surface area contributed by atoms with Crippen LogP contribution in [0.25, 0.3) is 0 Å². The Morgan fingerprint density at radius 3 is 2.00 bits per heavy atom. The Morgan fingerprint density at radius 2 is 2.00 bits per heavy atom. The van der Waals surface area contributed by atoms with Gasteiger partial charge in [0.25, 0.3) is 0 Å². The van der Waals surface area contributed by atoms with Crippen molar-refractivity contribution in [1.29, 1.82) is 0 Å². The summed E-state index contributed by atoms with van der Waals surface area (Å²) < 4.78 is 0. The standard InChI is InChI=1S/C3H8N2O.K.H/c4-2-1-3(5)6;;/h1-2,4H2,(H2,5,6);;. The van der Waals surface area contributed by atoms with E-state index in [-0.39, 0.29) is 57.3 Å². The topological polar surface area (TPSA) is 69.1 Å². The number of nitrogens with two attached hydrogens (primary N) is 2. The molecule has 0 saturated carbocycles. The average molecular weight is 128 g/mol. The van der Waals surface area contributed by atoms with Crippen molar-refractivity contribution in [3.05, 3.63) is 0 Å². The van der Waals surface area contributed by atoms with Gasteiger partial charge in [-0.15, -0.1) is 0 Å². The van der Waals surface area contributed by atoms with Gasteiger partial charge >= 0.3 is 51.4 Å². The van der Waals surface area contributed by atoms with Gasteiger partial charge in [0.1, 0.15) is 0 Å². The van der Waals surface area contributed by atoms with Crippen LogP contribution in [0.2, 0.25) is 0 Å². The van der Waals surface area contributed by atoms with Gasteiger partial charge in [0.05, 0.1) is 0 Å². The van der Waals surface area contributed by atoms with Crippen LogP contribution in [0, 0.1) is 0 Å². The van der Waals surface area contributed by atoms with Crippen LogP contribution in [0.4, 0.5) is 0 Å². The molecule has 0 aliphatic heterocycles. The van der Waals surface area contributed by atoms with Gasteiger partial charge in [-0.05, 0) is 0 Å². The summed E-state index contributed by atoms with van der Waals surface area (Å²) in [7, 11) is 0. The predicted molar refractivity (Wildman–Crippen MR) is 30.0 cm³/mol. The fraction of sp³-hybridized carbons (Fsp3) is 0.667. The third-order valence-corrected chi connectivity index (χ3v) is 0.391. The van der Waals surface area contributed by atoms with Crippen LogP contribution in [0.5, 0.6) is 0 Å². The van der Waals surface area contributed by atoms with Gasteiger partial charge in [-0.25, -0.2) is 0 Å². The van der Waals surface area contributed by atoms with Crippen LogP contribution in [0.3, 0.4) is 0 Å². The Labute approximate surface area is 85.2 Å². The van der Waals surface area contributed by atoms with Crippen molar-refractivity contribution in [2.75, 3.05) is 6.54 Å². The fourth-order valence-corrected chi connectivity index (χ4v) is 0.142. The van der Waals surface area contributed by atoms with Gasteiger partial charge in [-0.2, -0.15) is 0 Å². The molecule has 0 fully saturated rings. The number of rotatable bonds is 2. The Balaban J connectivity index is 0. The van der Waals surface area contributed by atoms with Crippen LogP contribution in [-0.4, -0.2) is 63.8 Å². The van der Waals surface area contributed by atoms with Gasteiger partial charge in [0.2, 0.25) is 5.91 Å². The molecule has 0 spiro atoms. The Bertz CT molecular complexity index is 56.9. The molecule has 0 aliphatic carbocycles. The van der Waals surface area contributed by atoms with Gasteiger partial charge < -0.3 is 11.5 Å². The Morgan fingerprint density at radius 1 is 1.57 bits per heavy atom. The number of hydrogen-bond acceptors (Lipinski definition) is 2. The van der Waals surface area contributed by atoms with E-state index in [9.17, 15) is 4.79 Å². The third kappa shape index (κ3) is 11.0. The summed E-state index contributed by atoms with van der Waals surface area (Å²) in [5.41, 5.74) is 9.61. The van der Waals surface area contributed by atoms with Gasteiger partial charge in [0.15, 0.2) is 0 Å². The van der Waals surface area contributed by atoms with Crippen LogP contribution in [0.1, 0.15) is 6.42 Å². The minimum atomic E-state index is -0.336. The van der Waals surface area contributed by atoms with E-state index in [4.69, 9.17) is 5.73 Å². The fourth-order valence-electron chi connectivity index (χ4n) is 0.142. The van der Waals surface area contributed by atoms with Gasteiger partial charge in [-0.1, -0.05) is 0 Å². The normalized spacial score (nSPS) is 7.00. The van der Waals surface area contributed by atoms with Crippen LogP contribution in [0.15, 0.2) is 0 Å². The maximum absolute atomic E-state index is 9.74. The molecule has 1 amide bonds. The summed E-state index contributed by atoms with van der Waals surface area (Å²) >= 11 is 0. The molecule has 0 aromatic heterocycles. The molecule has 0 heterocycles. The summed E-state index contributed by atoms with van der Waals surface area (Å²) in [6.45, 7) is 0.356. The third-order valence-electron chi connectivity index (χ3n) is 0.391. The van der Waals surface area contributed by atoms with Crippen molar-refractivity contribution in [2.24, 2.45) is 11.5 Å². The first kappa shape index (κ1) is 10.9. The molecule has 0 aromatic rings. The summed E-state index contributed by atoms with van der Waals surface area (Å²) in [6.07, 6.45) is 0.292. The number of primary amides is 1. The predicted octanol–water partition coefficient (Wildman–Crippen LogP) is -1.83. The molecule has 0 bridgehead atoms. The quantitative estimate of drug-likeness (QED) is 0.430. The SMILES string of the molecule is NCCC(N)=O.[KH]. The monoisotopic (exact) mass is 128 g/mol. The molecule has 0 atom stereocenters. The maximum atomic E-state index is 9.74. The minimum absolute atomic E-state index is 0. The first-order valence-corrected chi connectivity index (χ1v) is 1.75. The first-order valence-electron chi connectivity index (χ1n) is 1.75. The molecule has 4 heteroatoms. The Hall–Kier alpha value is 1.07. The van der Waals surface area contributed by atoms with E-state index in [0.717, 1.165) is 0 Å². The first-order chi connectivity index (χ1) is 2.77. The number of amides is 1. The van der Waals surface area contributed by atoms with Crippen LogP contribution in [-0.2, 0) is 4.79 Å². The molecule has 0 unspecified atom stereocenters. The van der Waals surface area contributed by atoms with Crippen molar-refractivity contribution in [1.82, 2.24) is 0 Å². The van der Waals surface area contributed by atoms with Crippen molar-refractivity contribution < 1.29 is 4.79 Å². The molecular formula is C3H9KN2O. The van der Waals surface area contributed by atoms with E-state index in [2.05, 4.69) is 5.73 Å².